The summed E-state index contributed by atoms with van der Waals surface area (Å²) in [6, 6.07) is 0.443. The van der Waals surface area contributed by atoms with Gasteiger partial charge in [-0.1, -0.05) is 0 Å². The van der Waals surface area contributed by atoms with Crippen molar-refractivity contribution in [2.45, 2.75) is 32.2 Å². The van der Waals surface area contributed by atoms with Gasteiger partial charge in [-0.05, 0) is 44.2 Å². The number of fused-ring (bicyclic) bond motifs is 1. The minimum atomic E-state index is 0.120. The van der Waals surface area contributed by atoms with E-state index < -0.39 is 0 Å². The molecule has 1 heterocycles. The quantitative estimate of drug-likeness (QED) is 0.620. The van der Waals surface area contributed by atoms with Crippen molar-refractivity contribution in [2.75, 3.05) is 13.1 Å². The van der Waals surface area contributed by atoms with Gasteiger partial charge in [-0.25, -0.2) is 0 Å². The maximum Gasteiger partial charge on any atom is 0.217 e. The van der Waals surface area contributed by atoms with Crippen LogP contribution in [0.1, 0.15) is 26.2 Å². The zero-order valence-corrected chi connectivity index (χ0v) is 8.18. The third kappa shape index (κ3) is 2.02. The second-order valence-corrected chi connectivity index (χ2v) is 4.39. The van der Waals surface area contributed by atoms with Gasteiger partial charge in [0.1, 0.15) is 0 Å². The highest BCUT2D eigenvalue weighted by Crippen LogP contribution is 2.32. The van der Waals surface area contributed by atoms with Crippen molar-refractivity contribution in [1.82, 2.24) is 10.6 Å². The fraction of sp³-hybridized carbons (Fsp3) is 0.900. The van der Waals surface area contributed by atoms with E-state index in [1.54, 1.807) is 6.92 Å². The summed E-state index contributed by atoms with van der Waals surface area (Å²) in [5.41, 5.74) is 0. The lowest BCUT2D eigenvalue weighted by Crippen LogP contribution is -2.39. The molecule has 0 aromatic rings. The summed E-state index contributed by atoms with van der Waals surface area (Å²) < 4.78 is 0. The van der Waals surface area contributed by atoms with Gasteiger partial charge < -0.3 is 10.6 Å². The molecule has 0 bridgehead atoms. The summed E-state index contributed by atoms with van der Waals surface area (Å²) in [5.74, 6) is 1.81. The van der Waals surface area contributed by atoms with Crippen LogP contribution in [0.3, 0.4) is 0 Å². The van der Waals surface area contributed by atoms with Gasteiger partial charge in [-0.15, -0.1) is 0 Å². The smallest absolute Gasteiger partial charge is 0.217 e. The minimum Gasteiger partial charge on any atom is -0.354 e. The van der Waals surface area contributed by atoms with Crippen molar-refractivity contribution in [2.24, 2.45) is 11.8 Å². The lowest BCUT2D eigenvalue weighted by molar-refractivity contribution is -0.120. The van der Waals surface area contributed by atoms with E-state index in [1.165, 1.54) is 25.8 Å². The van der Waals surface area contributed by atoms with Crippen molar-refractivity contribution in [3.63, 3.8) is 0 Å². The number of carbonyl (C=O) groups excluding carboxylic acids is 1. The molecule has 3 nitrogen and oxygen atoms in total. The topological polar surface area (TPSA) is 41.1 Å². The number of hydrogen-bond acceptors (Lipinski definition) is 2. The van der Waals surface area contributed by atoms with Crippen LogP contribution in [0.5, 0.6) is 0 Å². The van der Waals surface area contributed by atoms with Gasteiger partial charge in [0, 0.05) is 13.0 Å². The first kappa shape index (κ1) is 9.00. The molecular formula is C10H18N2O. The summed E-state index contributed by atoms with van der Waals surface area (Å²) in [4.78, 5) is 10.9. The van der Waals surface area contributed by atoms with E-state index in [0.29, 0.717) is 6.04 Å². The first-order valence-electron chi connectivity index (χ1n) is 5.23. The van der Waals surface area contributed by atoms with E-state index >= 15 is 0 Å². The molecule has 13 heavy (non-hydrogen) atoms. The highest BCUT2D eigenvalue weighted by atomic mass is 16.1. The second-order valence-electron chi connectivity index (χ2n) is 4.39. The van der Waals surface area contributed by atoms with Gasteiger partial charge in [-0.3, -0.25) is 4.79 Å². The largest absolute Gasteiger partial charge is 0.354 e. The first-order chi connectivity index (χ1) is 6.25. The average Bonchev–Trinajstić information content (AvgIpc) is 2.49. The Bertz CT molecular complexity index is 205. The van der Waals surface area contributed by atoms with E-state index in [2.05, 4.69) is 10.6 Å². The highest BCUT2D eigenvalue weighted by Gasteiger charge is 2.33. The maximum absolute atomic E-state index is 10.9. The summed E-state index contributed by atoms with van der Waals surface area (Å²) >= 11 is 0. The van der Waals surface area contributed by atoms with Crippen LogP contribution in [-0.4, -0.2) is 25.0 Å². The third-order valence-corrected chi connectivity index (χ3v) is 3.36. The molecule has 0 spiro atoms. The number of hydrogen-bond donors (Lipinski definition) is 2. The van der Waals surface area contributed by atoms with Gasteiger partial charge in [0.25, 0.3) is 0 Å². The van der Waals surface area contributed by atoms with Gasteiger partial charge in [0.05, 0.1) is 0 Å². The van der Waals surface area contributed by atoms with Crippen molar-refractivity contribution < 1.29 is 4.79 Å². The summed E-state index contributed by atoms with van der Waals surface area (Å²) in [6.45, 7) is 3.96. The summed E-state index contributed by atoms with van der Waals surface area (Å²) in [5, 5.41) is 6.45. The molecular weight excluding hydrogens is 164 g/mol. The number of carbonyl (C=O) groups is 1. The average molecular weight is 182 g/mol. The van der Waals surface area contributed by atoms with Crippen LogP contribution in [0.4, 0.5) is 0 Å². The molecule has 2 N–H and O–H groups in total. The van der Waals surface area contributed by atoms with Crippen LogP contribution in [-0.2, 0) is 4.79 Å². The Balaban J connectivity index is 1.86. The van der Waals surface area contributed by atoms with Crippen molar-refractivity contribution in [3.05, 3.63) is 0 Å². The predicted octanol–water partition coefficient (Wildman–Crippen LogP) is 0.511. The predicted molar refractivity (Wildman–Crippen MR) is 51.3 cm³/mol. The molecule has 1 aliphatic heterocycles. The normalized spacial score (nSPS) is 38.4. The Hall–Kier alpha value is -0.570. The van der Waals surface area contributed by atoms with Gasteiger partial charge in [0.2, 0.25) is 5.91 Å². The molecule has 2 aliphatic rings. The van der Waals surface area contributed by atoms with Gasteiger partial charge in [0.15, 0.2) is 0 Å². The molecule has 0 aromatic heterocycles. The Kier molecular flexibility index (Phi) is 2.54. The lowest BCUT2D eigenvalue weighted by atomic mass is 9.79. The van der Waals surface area contributed by atoms with E-state index in [1.807, 2.05) is 0 Å². The highest BCUT2D eigenvalue weighted by molar-refractivity contribution is 5.73. The van der Waals surface area contributed by atoms with Gasteiger partial charge >= 0.3 is 0 Å². The van der Waals surface area contributed by atoms with Crippen LogP contribution >= 0.6 is 0 Å². The molecule has 1 aliphatic carbocycles. The molecule has 3 unspecified atom stereocenters. The monoisotopic (exact) mass is 182 g/mol. The fourth-order valence-corrected chi connectivity index (χ4v) is 2.72. The minimum absolute atomic E-state index is 0.120. The van der Waals surface area contributed by atoms with Gasteiger partial charge in [-0.2, -0.15) is 0 Å². The Morgan fingerprint density at radius 3 is 2.85 bits per heavy atom. The molecule has 0 radical (unpaired) electrons. The fourth-order valence-electron chi connectivity index (χ4n) is 2.72. The first-order valence-corrected chi connectivity index (χ1v) is 5.23. The SMILES string of the molecule is CC(=O)NC1CCC2CNCC2C1. The van der Waals surface area contributed by atoms with Crippen LogP contribution < -0.4 is 10.6 Å². The molecule has 1 amide bonds. The zero-order valence-electron chi connectivity index (χ0n) is 8.18. The van der Waals surface area contributed by atoms with Crippen molar-refractivity contribution in [3.8, 4) is 0 Å². The summed E-state index contributed by atoms with van der Waals surface area (Å²) in [6.07, 6.45) is 3.63. The van der Waals surface area contributed by atoms with Crippen LogP contribution in [0.2, 0.25) is 0 Å². The van der Waals surface area contributed by atoms with E-state index in [0.717, 1.165) is 18.4 Å². The lowest BCUT2D eigenvalue weighted by Gasteiger charge is -2.31. The van der Waals surface area contributed by atoms with E-state index in [4.69, 9.17) is 0 Å². The molecule has 2 fully saturated rings. The molecule has 1 saturated carbocycles. The van der Waals surface area contributed by atoms with Crippen LogP contribution in [0.25, 0.3) is 0 Å². The number of nitrogens with one attached hydrogen (secondary N) is 2. The Morgan fingerprint density at radius 1 is 1.31 bits per heavy atom. The second kappa shape index (κ2) is 3.66. The third-order valence-electron chi connectivity index (χ3n) is 3.36. The molecule has 1 saturated heterocycles. The molecule has 74 valence electrons. The van der Waals surface area contributed by atoms with E-state index in [-0.39, 0.29) is 5.91 Å². The Labute approximate surface area is 79.3 Å². The van der Waals surface area contributed by atoms with Crippen molar-refractivity contribution in [1.29, 1.82) is 0 Å². The zero-order chi connectivity index (χ0) is 9.26. The molecule has 2 rings (SSSR count). The van der Waals surface area contributed by atoms with Crippen LogP contribution in [0.15, 0.2) is 0 Å². The number of rotatable bonds is 1. The molecule has 0 aromatic carbocycles. The van der Waals surface area contributed by atoms with E-state index in [9.17, 15) is 4.79 Å². The maximum atomic E-state index is 10.9. The Morgan fingerprint density at radius 2 is 2.08 bits per heavy atom. The number of amides is 1. The summed E-state index contributed by atoms with van der Waals surface area (Å²) in [7, 11) is 0. The standard InChI is InChI=1S/C10H18N2O/c1-7(13)12-10-3-2-8-5-11-6-9(8)4-10/h8-11H,2-6H2,1H3,(H,12,13). The molecule has 3 atom stereocenters. The van der Waals surface area contributed by atoms with Crippen LogP contribution in [0, 0.1) is 11.8 Å². The molecule has 3 heteroatoms. The van der Waals surface area contributed by atoms with Crippen molar-refractivity contribution >= 4 is 5.91 Å².